The number of amides is 4. The standard InChI is InChI=1S/C23H25N5O4/c24-10-17(16-3-1-2-4-18(16)25)21(30)26-11-13-5-6-15-14(9-13)12-28(23(15)32)19-7-8-20(29)27-22(19)31/h1,3,5-6,9-10,19H,2,4,7-8,11-12,24-25H2,(H,26,30)(H,27,29,31)/b17-10+. The molecular weight excluding hydrogens is 410 g/mol. The number of nitrogens with two attached hydrogens (primary N) is 2. The van der Waals surface area contributed by atoms with Crippen LogP contribution in [0.2, 0.25) is 0 Å². The van der Waals surface area contributed by atoms with Gasteiger partial charge < -0.3 is 21.7 Å². The molecule has 4 rings (SSSR count). The third-order valence-corrected chi connectivity index (χ3v) is 5.95. The van der Waals surface area contributed by atoms with Gasteiger partial charge in [0.25, 0.3) is 11.8 Å². The first-order valence-electron chi connectivity index (χ1n) is 10.5. The Labute approximate surface area is 185 Å². The second-order valence-electron chi connectivity index (χ2n) is 8.03. The quantitative estimate of drug-likeness (QED) is 0.390. The second-order valence-corrected chi connectivity index (χ2v) is 8.03. The van der Waals surface area contributed by atoms with Crippen molar-refractivity contribution in [1.29, 1.82) is 0 Å². The molecule has 3 aliphatic rings. The first kappa shape index (κ1) is 21.4. The molecule has 0 radical (unpaired) electrons. The molecule has 2 heterocycles. The van der Waals surface area contributed by atoms with Gasteiger partial charge in [-0.15, -0.1) is 0 Å². The number of nitrogens with zero attached hydrogens (tertiary/aromatic N) is 1. The van der Waals surface area contributed by atoms with E-state index in [1.165, 1.54) is 11.1 Å². The maximum absolute atomic E-state index is 12.8. The van der Waals surface area contributed by atoms with E-state index in [-0.39, 0.29) is 37.2 Å². The zero-order valence-electron chi connectivity index (χ0n) is 17.5. The third kappa shape index (κ3) is 4.01. The molecule has 1 aromatic rings. The Morgan fingerprint density at radius 2 is 2.06 bits per heavy atom. The van der Waals surface area contributed by atoms with E-state index in [4.69, 9.17) is 11.5 Å². The van der Waals surface area contributed by atoms with Crippen molar-refractivity contribution < 1.29 is 19.2 Å². The number of carbonyl (C=O) groups excluding carboxylic acids is 4. The third-order valence-electron chi connectivity index (χ3n) is 5.95. The largest absolute Gasteiger partial charge is 0.404 e. The summed E-state index contributed by atoms with van der Waals surface area (Å²) < 4.78 is 0. The van der Waals surface area contributed by atoms with Crippen LogP contribution in [0.5, 0.6) is 0 Å². The number of benzene rings is 1. The Bertz CT molecular complexity index is 1100. The van der Waals surface area contributed by atoms with Crippen LogP contribution in [-0.2, 0) is 27.5 Å². The first-order valence-corrected chi connectivity index (χ1v) is 10.5. The minimum absolute atomic E-state index is 0.209. The maximum atomic E-state index is 12.8. The first-order chi connectivity index (χ1) is 15.4. The molecule has 1 aliphatic carbocycles. The fraction of sp³-hybridized carbons (Fsp3) is 0.304. The molecule has 1 fully saturated rings. The van der Waals surface area contributed by atoms with E-state index in [2.05, 4.69) is 10.6 Å². The Morgan fingerprint density at radius 1 is 1.25 bits per heavy atom. The number of hydrogen-bond acceptors (Lipinski definition) is 6. The monoisotopic (exact) mass is 435 g/mol. The average Bonchev–Trinajstić information content (AvgIpc) is 3.09. The summed E-state index contributed by atoms with van der Waals surface area (Å²) in [5.74, 6) is -1.33. The normalized spacial score (nSPS) is 21.0. The fourth-order valence-electron chi connectivity index (χ4n) is 4.25. The molecule has 6 N–H and O–H groups in total. The SMILES string of the molecule is N/C=C(/C(=O)NCc1ccc2c(c1)CN(C1CCC(=O)NC1=O)C2=O)C1=C(N)CCC=C1. The highest BCUT2D eigenvalue weighted by atomic mass is 16.2. The van der Waals surface area contributed by atoms with Gasteiger partial charge >= 0.3 is 0 Å². The van der Waals surface area contributed by atoms with Crippen LogP contribution in [0.3, 0.4) is 0 Å². The number of piperidine rings is 1. The van der Waals surface area contributed by atoms with Gasteiger partial charge in [0.2, 0.25) is 11.8 Å². The predicted octanol–water partition coefficient (Wildman–Crippen LogP) is 0.469. The van der Waals surface area contributed by atoms with Crippen LogP contribution in [0.1, 0.15) is 47.2 Å². The van der Waals surface area contributed by atoms with E-state index in [0.717, 1.165) is 17.5 Å². The van der Waals surface area contributed by atoms with Crippen LogP contribution in [0.15, 0.2) is 53.4 Å². The molecule has 9 heteroatoms. The summed E-state index contributed by atoms with van der Waals surface area (Å²) in [6, 6.07) is 4.66. The van der Waals surface area contributed by atoms with E-state index in [1.54, 1.807) is 12.1 Å². The minimum atomic E-state index is -0.657. The fourth-order valence-corrected chi connectivity index (χ4v) is 4.25. The van der Waals surface area contributed by atoms with Crippen molar-refractivity contribution in [3.05, 3.63) is 70.1 Å². The van der Waals surface area contributed by atoms with Gasteiger partial charge in [0.05, 0.1) is 5.57 Å². The van der Waals surface area contributed by atoms with Crippen LogP contribution >= 0.6 is 0 Å². The second kappa shape index (κ2) is 8.70. The summed E-state index contributed by atoms with van der Waals surface area (Å²) in [4.78, 5) is 50.5. The van der Waals surface area contributed by atoms with Crippen molar-refractivity contribution in [1.82, 2.24) is 15.5 Å². The van der Waals surface area contributed by atoms with E-state index in [9.17, 15) is 19.2 Å². The highest BCUT2D eigenvalue weighted by Gasteiger charge is 2.39. The van der Waals surface area contributed by atoms with Gasteiger partial charge in [-0.05, 0) is 36.5 Å². The van der Waals surface area contributed by atoms with Crippen molar-refractivity contribution in [2.45, 2.75) is 44.8 Å². The zero-order valence-corrected chi connectivity index (χ0v) is 17.5. The Kier molecular flexibility index (Phi) is 5.81. The number of allylic oxidation sites excluding steroid dienone is 3. The molecule has 0 saturated carbocycles. The lowest BCUT2D eigenvalue weighted by atomic mass is 9.96. The summed E-state index contributed by atoms with van der Waals surface area (Å²) >= 11 is 0. The topological polar surface area (TPSA) is 148 Å². The zero-order chi connectivity index (χ0) is 22.8. The van der Waals surface area contributed by atoms with Gasteiger partial charge in [-0.25, -0.2) is 0 Å². The van der Waals surface area contributed by atoms with Gasteiger partial charge in [0.1, 0.15) is 6.04 Å². The smallest absolute Gasteiger partial charge is 0.255 e. The van der Waals surface area contributed by atoms with Gasteiger partial charge in [0, 0.05) is 42.5 Å². The maximum Gasteiger partial charge on any atom is 0.255 e. The van der Waals surface area contributed by atoms with Gasteiger partial charge in [-0.3, -0.25) is 24.5 Å². The molecule has 0 bridgehead atoms. The molecule has 9 nitrogen and oxygen atoms in total. The minimum Gasteiger partial charge on any atom is -0.404 e. The van der Waals surface area contributed by atoms with E-state index in [0.29, 0.717) is 35.2 Å². The van der Waals surface area contributed by atoms with Crippen molar-refractivity contribution in [2.75, 3.05) is 0 Å². The molecule has 0 spiro atoms. The molecular formula is C23H25N5O4. The van der Waals surface area contributed by atoms with Crippen LogP contribution in [0, 0.1) is 0 Å². The van der Waals surface area contributed by atoms with Crippen LogP contribution < -0.4 is 22.1 Å². The summed E-state index contributed by atoms with van der Waals surface area (Å²) in [7, 11) is 0. The molecule has 1 saturated heterocycles. The lowest BCUT2D eigenvalue weighted by Crippen LogP contribution is -2.52. The summed E-state index contributed by atoms with van der Waals surface area (Å²) in [6.07, 6.45) is 7.05. The van der Waals surface area contributed by atoms with Gasteiger partial charge in [-0.1, -0.05) is 24.3 Å². The highest BCUT2D eigenvalue weighted by Crippen LogP contribution is 2.28. The van der Waals surface area contributed by atoms with Crippen molar-refractivity contribution in [2.24, 2.45) is 11.5 Å². The van der Waals surface area contributed by atoms with Crippen LogP contribution in [0.25, 0.3) is 0 Å². The molecule has 1 aromatic carbocycles. The highest BCUT2D eigenvalue weighted by molar-refractivity contribution is 6.05. The van der Waals surface area contributed by atoms with E-state index in [1.807, 2.05) is 18.2 Å². The Morgan fingerprint density at radius 3 is 2.78 bits per heavy atom. The van der Waals surface area contributed by atoms with Crippen LogP contribution in [0.4, 0.5) is 0 Å². The summed E-state index contributed by atoms with van der Waals surface area (Å²) in [5.41, 5.74) is 15.4. The lowest BCUT2D eigenvalue weighted by Gasteiger charge is -2.29. The Hall–Kier alpha value is -3.88. The van der Waals surface area contributed by atoms with E-state index >= 15 is 0 Å². The lowest BCUT2D eigenvalue weighted by molar-refractivity contribution is -0.137. The predicted molar refractivity (Wildman–Crippen MR) is 116 cm³/mol. The molecule has 4 amide bonds. The van der Waals surface area contributed by atoms with Crippen molar-refractivity contribution in [3.8, 4) is 0 Å². The van der Waals surface area contributed by atoms with Gasteiger partial charge in [0.15, 0.2) is 0 Å². The van der Waals surface area contributed by atoms with Crippen LogP contribution in [-0.4, -0.2) is 34.6 Å². The summed E-state index contributed by atoms with van der Waals surface area (Å²) in [5, 5.41) is 5.14. The molecule has 1 atom stereocenters. The number of hydrogen-bond donors (Lipinski definition) is 4. The number of carbonyl (C=O) groups is 4. The number of nitrogens with one attached hydrogen (secondary N) is 2. The van der Waals surface area contributed by atoms with Gasteiger partial charge in [-0.2, -0.15) is 0 Å². The molecule has 1 unspecified atom stereocenters. The molecule has 32 heavy (non-hydrogen) atoms. The molecule has 166 valence electrons. The number of fused-ring (bicyclic) bond motifs is 1. The summed E-state index contributed by atoms with van der Waals surface area (Å²) in [6.45, 7) is 0.525. The number of imide groups is 1. The Balaban J connectivity index is 1.43. The van der Waals surface area contributed by atoms with E-state index < -0.39 is 11.9 Å². The van der Waals surface area contributed by atoms with Crippen molar-refractivity contribution in [3.63, 3.8) is 0 Å². The molecule has 2 aliphatic heterocycles. The number of rotatable bonds is 5. The average molecular weight is 435 g/mol. The van der Waals surface area contributed by atoms with Crippen molar-refractivity contribution >= 4 is 23.6 Å². The molecule has 0 aromatic heterocycles.